The van der Waals surface area contributed by atoms with E-state index in [4.69, 9.17) is 0 Å². The van der Waals surface area contributed by atoms with Crippen LogP contribution in [0.2, 0.25) is 0 Å². The van der Waals surface area contributed by atoms with Gasteiger partial charge in [-0.3, -0.25) is 4.98 Å². The molecule has 90 valence electrons. The van der Waals surface area contributed by atoms with E-state index in [-0.39, 0.29) is 0 Å². The van der Waals surface area contributed by atoms with Gasteiger partial charge >= 0.3 is 0 Å². The summed E-state index contributed by atoms with van der Waals surface area (Å²) in [4.78, 5) is 4.14. The van der Waals surface area contributed by atoms with Crippen molar-refractivity contribution in [2.45, 2.75) is 19.4 Å². The summed E-state index contributed by atoms with van der Waals surface area (Å²) >= 11 is 0. The lowest BCUT2D eigenvalue weighted by Crippen LogP contribution is -1.96. The van der Waals surface area contributed by atoms with Crippen LogP contribution in [0.25, 0.3) is 10.8 Å². The van der Waals surface area contributed by atoms with Crippen LogP contribution in [-0.4, -0.2) is 9.55 Å². The highest BCUT2D eigenvalue weighted by atomic mass is 14.9. The third kappa shape index (κ3) is 2.43. The van der Waals surface area contributed by atoms with Gasteiger partial charge in [0.2, 0.25) is 0 Å². The molecule has 2 aromatic heterocycles. The molecule has 2 heteroatoms. The van der Waals surface area contributed by atoms with Crippen LogP contribution in [0.4, 0.5) is 0 Å². The Morgan fingerprint density at radius 2 is 1.72 bits per heavy atom. The molecule has 0 atom stereocenters. The Kier molecular flexibility index (Phi) is 3.09. The van der Waals surface area contributed by atoms with Crippen molar-refractivity contribution < 1.29 is 0 Å². The van der Waals surface area contributed by atoms with Gasteiger partial charge < -0.3 is 4.57 Å². The Hall–Kier alpha value is -2.09. The molecule has 0 spiro atoms. The van der Waals surface area contributed by atoms with E-state index < -0.39 is 0 Å². The number of nitrogens with zero attached hydrogens (tertiary/aromatic N) is 2. The molecular weight excluding hydrogens is 220 g/mol. The molecule has 3 rings (SSSR count). The first kappa shape index (κ1) is 11.0. The van der Waals surface area contributed by atoms with Crippen LogP contribution in [0.3, 0.4) is 0 Å². The Morgan fingerprint density at radius 1 is 0.944 bits per heavy atom. The van der Waals surface area contributed by atoms with Gasteiger partial charge in [-0.1, -0.05) is 30.3 Å². The number of rotatable bonds is 4. The number of aromatic nitrogens is 2. The molecule has 0 aliphatic rings. The molecule has 2 nitrogen and oxygen atoms in total. The minimum atomic E-state index is 1.06. The minimum Gasteiger partial charge on any atom is -0.353 e. The van der Waals surface area contributed by atoms with Gasteiger partial charge in [0.05, 0.1) is 0 Å². The second kappa shape index (κ2) is 5.05. The molecule has 0 amide bonds. The van der Waals surface area contributed by atoms with Crippen molar-refractivity contribution in [2.75, 3.05) is 0 Å². The highest BCUT2D eigenvalue weighted by Crippen LogP contribution is 2.15. The van der Waals surface area contributed by atoms with Gasteiger partial charge in [0.15, 0.2) is 0 Å². The van der Waals surface area contributed by atoms with E-state index in [1.807, 2.05) is 18.5 Å². The smallest absolute Gasteiger partial charge is 0.0299 e. The van der Waals surface area contributed by atoms with Crippen molar-refractivity contribution in [1.29, 1.82) is 0 Å². The van der Waals surface area contributed by atoms with Gasteiger partial charge in [-0.25, -0.2) is 0 Å². The molecule has 2 heterocycles. The van der Waals surface area contributed by atoms with Crippen molar-refractivity contribution in [3.05, 3.63) is 66.7 Å². The lowest BCUT2D eigenvalue weighted by molar-refractivity contribution is 0.647. The lowest BCUT2D eigenvalue weighted by Gasteiger charge is -2.02. The standard InChI is InChI=1S/C16H16N2/c1-2-8-16-13-18(12-15(16)7-1)10-4-6-14-5-3-9-17-11-14/h1-3,5,7-9,11-13H,4,6,10H2. The highest BCUT2D eigenvalue weighted by Gasteiger charge is 1.98. The van der Waals surface area contributed by atoms with Crippen molar-refractivity contribution >= 4 is 10.8 Å². The maximum absolute atomic E-state index is 4.14. The molecule has 0 radical (unpaired) electrons. The molecule has 18 heavy (non-hydrogen) atoms. The fourth-order valence-corrected chi connectivity index (χ4v) is 2.28. The summed E-state index contributed by atoms with van der Waals surface area (Å²) < 4.78 is 2.28. The van der Waals surface area contributed by atoms with Crippen molar-refractivity contribution in [3.63, 3.8) is 0 Å². The van der Waals surface area contributed by atoms with Crippen LogP contribution >= 0.6 is 0 Å². The summed E-state index contributed by atoms with van der Waals surface area (Å²) in [5.41, 5.74) is 1.31. The second-order valence-electron chi connectivity index (χ2n) is 4.59. The Labute approximate surface area is 107 Å². The van der Waals surface area contributed by atoms with Crippen LogP contribution in [0, 0.1) is 0 Å². The first-order chi connectivity index (χ1) is 8.92. The lowest BCUT2D eigenvalue weighted by atomic mass is 10.1. The molecule has 0 aliphatic carbocycles. The zero-order valence-electron chi connectivity index (χ0n) is 10.3. The molecule has 0 N–H and O–H groups in total. The number of hydrogen-bond acceptors (Lipinski definition) is 1. The number of pyridine rings is 1. The fourth-order valence-electron chi connectivity index (χ4n) is 2.28. The van der Waals surface area contributed by atoms with Crippen molar-refractivity contribution in [2.24, 2.45) is 0 Å². The topological polar surface area (TPSA) is 17.8 Å². The molecule has 0 saturated heterocycles. The number of aryl methyl sites for hydroxylation is 2. The predicted octanol–water partition coefficient (Wildman–Crippen LogP) is 3.67. The summed E-state index contributed by atoms with van der Waals surface area (Å²) in [6.45, 7) is 1.06. The molecule has 0 unspecified atom stereocenters. The third-order valence-corrected chi connectivity index (χ3v) is 3.21. The molecule has 3 aromatic rings. The fraction of sp³-hybridized carbons (Fsp3) is 0.188. The zero-order valence-corrected chi connectivity index (χ0v) is 10.3. The molecule has 0 fully saturated rings. The SMILES string of the molecule is c1cncc(CCCn2cc3ccccc3c2)c1. The molecular formula is C16H16N2. The minimum absolute atomic E-state index is 1.06. The van der Waals surface area contributed by atoms with E-state index in [1.165, 1.54) is 16.3 Å². The number of fused-ring (bicyclic) bond motifs is 1. The van der Waals surface area contributed by atoms with Gasteiger partial charge in [-0.15, -0.1) is 0 Å². The van der Waals surface area contributed by atoms with E-state index in [2.05, 4.69) is 52.3 Å². The maximum atomic E-state index is 4.14. The van der Waals surface area contributed by atoms with Crippen LogP contribution in [0.5, 0.6) is 0 Å². The van der Waals surface area contributed by atoms with Crippen molar-refractivity contribution in [1.82, 2.24) is 9.55 Å². The van der Waals surface area contributed by atoms with Gasteiger partial charge in [-0.2, -0.15) is 0 Å². The van der Waals surface area contributed by atoms with E-state index in [0.717, 1.165) is 19.4 Å². The first-order valence-electron chi connectivity index (χ1n) is 6.35. The monoisotopic (exact) mass is 236 g/mol. The Morgan fingerprint density at radius 3 is 2.39 bits per heavy atom. The molecule has 0 bridgehead atoms. The normalized spacial score (nSPS) is 10.9. The van der Waals surface area contributed by atoms with Crippen LogP contribution in [-0.2, 0) is 13.0 Å². The van der Waals surface area contributed by atoms with Crippen LogP contribution in [0.1, 0.15) is 12.0 Å². The largest absolute Gasteiger partial charge is 0.353 e. The summed E-state index contributed by atoms with van der Waals surface area (Å²) in [5, 5.41) is 2.64. The highest BCUT2D eigenvalue weighted by molar-refractivity contribution is 5.81. The van der Waals surface area contributed by atoms with E-state index >= 15 is 0 Å². The van der Waals surface area contributed by atoms with Crippen molar-refractivity contribution in [3.8, 4) is 0 Å². The average molecular weight is 236 g/mol. The van der Waals surface area contributed by atoms with E-state index in [1.54, 1.807) is 0 Å². The van der Waals surface area contributed by atoms with E-state index in [0.29, 0.717) is 0 Å². The van der Waals surface area contributed by atoms with Crippen LogP contribution < -0.4 is 0 Å². The van der Waals surface area contributed by atoms with Gasteiger partial charge in [0.1, 0.15) is 0 Å². The number of hydrogen-bond donors (Lipinski definition) is 0. The summed E-state index contributed by atoms with van der Waals surface area (Å²) in [5.74, 6) is 0. The summed E-state index contributed by atoms with van der Waals surface area (Å²) in [6.07, 6.45) is 10.4. The number of benzene rings is 1. The first-order valence-corrected chi connectivity index (χ1v) is 6.35. The van der Waals surface area contributed by atoms with Gasteiger partial charge in [0, 0.05) is 31.3 Å². The summed E-state index contributed by atoms with van der Waals surface area (Å²) in [7, 11) is 0. The van der Waals surface area contributed by atoms with Gasteiger partial charge in [0.25, 0.3) is 0 Å². The van der Waals surface area contributed by atoms with Crippen LogP contribution in [0.15, 0.2) is 61.2 Å². The molecule has 1 aromatic carbocycles. The van der Waals surface area contributed by atoms with Gasteiger partial charge in [-0.05, 0) is 35.2 Å². The molecule has 0 saturated carbocycles. The molecule has 0 aliphatic heterocycles. The third-order valence-electron chi connectivity index (χ3n) is 3.21. The summed E-state index contributed by atoms with van der Waals surface area (Å²) in [6, 6.07) is 12.6. The maximum Gasteiger partial charge on any atom is 0.0299 e. The Bertz CT molecular complexity index is 593. The average Bonchev–Trinajstić information content (AvgIpc) is 2.82. The van der Waals surface area contributed by atoms with E-state index in [9.17, 15) is 0 Å². The predicted molar refractivity (Wildman–Crippen MR) is 74.5 cm³/mol. The second-order valence-corrected chi connectivity index (χ2v) is 4.59. The zero-order chi connectivity index (χ0) is 12.2. The quantitative estimate of drug-likeness (QED) is 0.676. The Balaban J connectivity index is 1.63.